The van der Waals surface area contributed by atoms with Gasteiger partial charge < -0.3 is 11.1 Å². The van der Waals surface area contributed by atoms with E-state index in [1.165, 1.54) is 11.8 Å². The van der Waals surface area contributed by atoms with Gasteiger partial charge in [-0.2, -0.15) is 0 Å². The zero-order valence-electron chi connectivity index (χ0n) is 11.3. The van der Waals surface area contributed by atoms with E-state index in [0.29, 0.717) is 18.1 Å². The molecule has 102 valence electrons. The van der Waals surface area contributed by atoms with E-state index in [9.17, 15) is 4.79 Å². The molecule has 0 aliphatic rings. The summed E-state index contributed by atoms with van der Waals surface area (Å²) in [5.74, 6) is 1.14. The van der Waals surface area contributed by atoms with Crippen LogP contribution >= 0.6 is 11.8 Å². The first-order valence-corrected chi connectivity index (χ1v) is 7.03. The lowest BCUT2D eigenvalue weighted by Crippen LogP contribution is -2.30. The van der Waals surface area contributed by atoms with Gasteiger partial charge in [-0.25, -0.2) is 0 Å². The third-order valence-corrected chi connectivity index (χ3v) is 3.16. The molecule has 0 fully saturated rings. The van der Waals surface area contributed by atoms with Gasteiger partial charge in [-0.3, -0.25) is 9.36 Å². The van der Waals surface area contributed by atoms with Crippen LogP contribution in [0.4, 0.5) is 5.95 Å². The van der Waals surface area contributed by atoms with Gasteiger partial charge in [-0.15, -0.1) is 10.2 Å². The average Bonchev–Trinajstić information content (AvgIpc) is 2.58. The normalized spacial score (nSPS) is 11.2. The quantitative estimate of drug-likeness (QED) is 0.765. The van der Waals surface area contributed by atoms with E-state index in [-0.39, 0.29) is 18.0 Å². The summed E-state index contributed by atoms with van der Waals surface area (Å²) in [5, 5.41) is 11.5. The van der Waals surface area contributed by atoms with Crippen LogP contribution in [0.1, 0.15) is 40.2 Å². The summed E-state index contributed by atoms with van der Waals surface area (Å²) in [4.78, 5) is 11.5. The maximum Gasteiger partial charge on any atom is 0.222 e. The van der Waals surface area contributed by atoms with Crippen molar-refractivity contribution in [2.45, 2.75) is 51.4 Å². The average molecular weight is 271 g/mol. The molecule has 7 heteroatoms. The molecular weight excluding hydrogens is 250 g/mol. The zero-order valence-corrected chi connectivity index (χ0v) is 12.1. The molecule has 3 N–H and O–H groups in total. The Bertz CT molecular complexity index is 402. The molecule has 1 heterocycles. The molecular formula is C11H21N5OS. The Kier molecular flexibility index (Phi) is 5.46. The summed E-state index contributed by atoms with van der Waals surface area (Å²) in [6.45, 7) is 7.94. The maximum absolute atomic E-state index is 11.5. The third kappa shape index (κ3) is 4.21. The first-order valence-electron chi connectivity index (χ1n) is 6.04. The number of nitrogens with zero attached hydrogens (tertiary/aromatic N) is 3. The first kappa shape index (κ1) is 14.8. The molecule has 0 unspecified atom stereocenters. The SMILES string of the molecule is CC(C)NC(=O)CCSc1nnc(N)n1C(C)C. The topological polar surface area (TPSA) is 85.8 Å². The monoisotopic (exact) mass is 271 g/mol. The minimum absolute atomic E-state index is 0.0566. The highest BCUT2D eigenvalue weighted by atomic mass is 32.2. The van der Waals surface area contributed by atoms with Crippen molar-refractivity contribution in [2.24, 2.45) is 0 Å². The molecule has 0 aliphatic carbocycles. The molecule has 0 aliphatic heterocycles. The summed E-state index contributed by atoms with van der Waals surface area (Å²) < 4.78 is 1.87. The van der Waals surface area contributed by atoms with Crippen LogP contribution in [0.2, 0.25) is 0 Å². The summed E-state index contributed by atoms with van der Waals surface area (Å²) in [6.07, 6.45) is 0.466. The highest BCUT2D eigenvalue weighted by Gasteiger charge is 2.13. The molecule has 0 aromatic carbocycles. The number of rotatable bonds is 6. The second-order valence-electron chi connectivity index (χ2n) is 4.63. The summed E-state index contributed by atoms with van der Waals surface area (Å²) in [5.41, 5.74) is 5.74. The van der Waals surface area contributed by atoms with Crippen LogP contribution in [-0.4, -0.2) is 32.5 Å². The molecule has 0 radical (unpaired) electrons. The third-order valence-electron chi connectivity index (χ3n) is 2.22. The fourth-order valence-corrected chi connectivity index (χ4v) is 2.51. The van der Waals surface area contributed by atoms with E-state index in [4.69, 9.17) is 5.73 Å². The van der Waals surface area contributed by atoms with E-state index in [0.717, 1.165) is 5.16 Å². The highest BCUT2D eigenvalue weighted by Crippen LogP contribution is 2.22. The number of nitrogen functional groups attached to an aromatic ring is 1. The van der Waals surface area contributed by atoms with Gasteiger partial charge in [0.2, 0.25) is 11.9 Å². The largest absolute Gasteiger partial charge is 0.368 e. The fraction of sp³-hybridized carbons (Fsp3) is 0.727. The molecule has 1 aromatic heterocycles. The number of hydrogen-bond donors (Lipinski definition) is 2. The van der Waals surface area contributed by atoms with Crippen molar-refractivity contribution in [2.75, 3.05) is 11.5 Å². The number of carbonyl (C=O) groups is 1. The predicted octanol–water partition coefficient (Wildman–Crippen LogP) is 1.45. The molecule has 1 rings (SSSR count). The number of nitrogens with two attached hydrogens (primary N) is 1. The van der Waals surface area contributed by atoms with E-state index in [2.05, 4.69) is 15.5 Å². The lowest BCUT2D eigenvalue weighted by atomic mass is 10.3. The Hall–Kier alpha value is -1.24. The van der Waals surface area contributed by atoms with Gasteiger partial charge in [0, 0.05) is 24.3 Å². The van der Waals surface area contributed by atoms with Crippen molar-refractivity contribution in [1.29, 1.82) is 0 Å². The highest BCUT2D eigenvalue weighted by molar-refractivity contribution is 7.99. The number of nitrogens with one attached hydrogen (secondary N) is 1. The van der Waals surface area contributed by atoms with E-state index in [1.54, 1.807) is 0 Å². The molecule has 0 spiro atoms. The van der Waals surface area contributed by atoms with E-state index >= 15 is 0 Å². The molecule has 0 saturated heterocycles. The van der Waals surface area contributed by atoms with Gasteiger partial charge in [0.15, 0.2) is 5.16 Å². The smallest absolute Gasteiger partial charge is 0.222 e. The minimum Gasteiger partial charge on any atom is -0.368 e. The van der Waals surface area contributed by atoms with Crippen molar-refractivity contribution in [3.63, 3.8) is 0 Å². The van der Waals surface area contributed by atoms with Crippen LogP contribution in [0.25, 0.3) is 0 Å². The second kappa shape index (κ2) is 6.63. The number of carbonyl (C=O) groups excluding carboxylic acids is 1. The van der Waals surface area contributed by atoms with Crippen LogP contribution in [-0.2, 0) is 4.79 Å². The molecule has 0 bridgehead atoms. The van der Waals surface area contributed by atoms with Crippen LogP contribution in [0, 0.1) is 0 Å². The van der Waals surface area contributed by atoms with Crippen molar-refractivity contribution in [3.8, 4) is 0 Å². The Morgan fingerprint density at radius 2 is 2.06 bits per heavy atom. The second-order valence-corrected chi connectivity index (χ2v) is 5.69. The Morgan fingerprint density at radius 3 is 2.61 bits per heavy atom. The number of anilines is 1. The zero-order chi connectivity index (χ0) is 13.7. The Labute approximate surface area is 112 Å². The van der Waals surface area contributed by atoms with Gasteiger partial charge in [-0.05, 0) is 27.7 Å². The van der Waals surface area contributed by atoms with E-state index in [1.807, 2.05) is 32.3 Å². The van der Waals surface area contributed by atoms with Crippen molar-refractivity contribution < 1.29 is 4.79 Å². The van der Waals surface area contributed by atoms with Gasteiger partial charge in [0.25, 0.3) is 0 Å². The van der Waals surface area contributed by atoms with Crippen molar-refractivity contribution in [3.05, 3.63) is 0 Å². The molecule has 18 heavy (non-hydrogen) atoms. The number of amides is 1. The van der Waals surface area contributed by atoms with Crippen molar-refractivity contribution in [1.82, 2.24) is 20.1 Å². The van der Waals surface area contributed by atoms with Gasteiger partial charge in [0.05, 0.1) is 0 Å². The van der Waals surface area contributed by atoms with Gasteiger partial charge in [0.1, 0.15) is 0 Å². The molecule has 1 amide bonds. The Morgan fingerprint density at radius 1 is 1.39 bits per heavy atom. The summed E-state index contributed by atoms with van der Waals surface area (Å²) in [6, 6.07) is 0.393. The van der Waals surface area contributed by atoms with E-state index < -0.39 is 0 Å². The van der Waals surface area contributed by atoms with Gasteiger partial charge >= 0.3 is 0 Å². The fourth-order valence-electron chi connectivity index (χ4n) is 1.50. The molecule has 6 nitrogen and oxygen atoms in total. The van der Waals surface area contributed by atoms with Crippen LogP contribution in [0.3, 0.4) is 0 Å². The van der Waals surface area contributed by atoms with Gasteiger partial charge in [-0.1, -0.05) is 11.8 Å². The first-order chi connectivity index (χ1) is 8.41. The number of thioether (sulfide) groups is 1. The van der Waals surface area contributed by atoms with Crippen LogP contribution < -0.4 is 11.1 Å². The lowest BCUT2D eigenvalue weighted by Gasteiger charge is -2.11. The van der Waals surface area contributed by atoms with Crippen LogP contribution in [0.5, 0.6) is 0 Å². The minimum atomic E-state index is 0.0566. The molecule has 0 saturated carbocycles. The molecule has 0 atom stereocenters. The van der Waals surface area contributed by atoms with Crippen molar-refractivity contribution >= 4 is 23.6 Å². The number of aromatic nitrogens is 3. The summed E-state index contributed by atoms with van der Waals surface area (Å²) >= 11 is 1.50. The van der Waals surface area contributed by atoms with Crippen LogP contribution in [0.15, 0.2) is 5.16 Å². The Balaban J connectivity index is 2.47. The molecule has 1 aromatic rings. The summed E-state index contributed by atoms with van der Waals surface area (Å²) in [7, 11) is 0. The maximum atomic E-state index is 11.5. The predicted molar refractivity (Wildman–Crippen MR) is 73.4 cm³/mol. The standard InChI is InChI=1S/C11H21N5OS/c1-7(2)13-9(17)5-6-18-11-15-14-10(12)16(11)8(3)4/h7-8H,5-6H2,1-4H3,(H2,12,14)(H,13,17). The number of hydrogen-bond acceptors (Lipinski definition) is 5. The lowest BCUT2D eigenvalue weighted by molar-refractivity contribution is -0.121.